The van der Waals surface area contributed by atoms with Crippen LogP contribution < -0.4 is 20.3 Å². The van der Waals surface area contributed by atoms with Gasteiger partial charge < -0.3 is 20.3 Å². The van der Waals surface area contributed by atoms with Crippen LogP contribution in [0.3, 0.4) is 0 Å². The van der Waals surface area contributed by atoms with E-state index in [0.717, 1.165) is 43.2 Å². The van der Waals surface area contributed by atoms with Crippen molar-refractivity contribution in [2.45, 2.75) is 25.4 Å². The predicted octanol–water partition coefficient (Wildman–Crippen LogP) is 4.20. The minimum atomic E-state index is 0. The molecule has 6 heteroatoms. The fourth-order valence-electron chi connectivity index (χ4n) is 3.43. The average Bonchev–Trinajstić information content (AvgIpc) is 2.76. The van der Waals surface area contributed by atoms with Gasteiger partial charge in [-0.3, -0.25) is 4.99 Å². The first-order valence-corrected chi connectivity index (χ1v) is 9.89. The summed E-state index contributed by atoms with van der Waals surface area (Å²) in [5, 5.41) is 6.98. The summed E-state index contributed by atoms with van der Waals surface area (Å²) in [4.78, 5) is 6.84. The van der Waals surface area contributed by atoms with Crippen LogP contribution in [0.25, 0.3) is 0 Å². The third-order valence-electron chi connectivity index (χ3n) is 4.96. The SMILES string of the molecule is C=CCOc1ccccc1CNC(=NC)NC1CCN(c2ccccc2)CC1.I. The lowest BCUT2D eigenvalue weighted by molar-refractivity contribution is 0.358. The zero-order valence-electron chi connectivity index (χ0n) is 17.0. The van der Waals surface area contributed by atoms with Crippen LogP contribution in [0.5, 0.6) is 5.75 Å². The van der Waals surface area contributed by atoms with Crippen molar-refractivity contribution in [1.82, 2.24) is 10.6 Å². The Balaban J connectivity index is 0.00000300. The van der Waals surface area contributed by atoms with E-state index in [9.17, 15) is 0 Å². The normalized spacial score (nSPS) is 14.7. The molecular formula is C23H31IN4O. The number of anilines is 1. The molecule has 0 spiro atoms. The van der Waals surface area contributed by atoms with E-state index in [1.54, 1.807) is 6.08 Å². The summed E-state index contributed by atoms with van der Waals surface area (Å²) < 4.78 is 5.73. The molecule has 2 N–H and O–H groups in total. The maximum Gasteiger partial charge on any atom is 0.191 e. The number of nitrogens with one attached hydrogen (secondary N) is 2. The van der Waals surface area contributed by atoms with Crippen LogP contribution in [-0.2, 0) is 6.54 Å². The molecule has 0 aliphatic carbocycles. The van der Waals surface area contributed by atoms with Gasteiger partial charge in [0.25, 0.3) is 0 Å². The highest BCUT2D eigenvalue weighted by Gasteiger charge is 2.20. The van der Waals surface area contributed by atoms with Gasteiger partial charge in [-0.1, -0.05) is 49.1 Å². The van der Waals surface area contributed by atoms with Gasteiger partial charge in [0.15, 0.2) is 5.96 Å². The average molecular weight is 506 g/mol. The molecule has 0 aromatic heterocycles. The second-order valence-corrected chi connectivity index (χ2v) is 6.87. The van der Waals surface area contributed by atoms with Crippen LogP contribution in [0.1, 0.15) is 18.4 Å². The molecular weight excluding hydrogens is 475 g/mol. The standard InChI is InChI=1S/C23H30N4O.HI/c1-3-17-28-22-12-8-7-9-19(22)18-25-23(24-2)26-20-13-15-27(16-14-20)21-10-5-4-6-11-21;/h3-12,20H,1,13-18H2,2H3,(H2,24,25,26);1H. The third kappa shape index (κ3) is 6.96. The van der Waals surface area contributed by atoms with Crippen LogP contribution in [-0.4, -0.2) is 38.7 Å². The number of hydrogen-bond acceptors (Lipinski definition) is 3. The van der Waals surface area contributed by atoms with Crippen LogP contribution in [0, 0.1) is 0 Å². The van der Waals surface area contributed by atoms with Crippen molar-refractivity contribution >= 4 is 35.6 Å². The topological polar surface area (TPSA) is 48.9 Å². The second-order valence-electron chi connectivity index (χ2n) is 6.87. The fourth-order valence-corrected chi connectivity index (χ4v) is 3.43. The van der Waals surface area contributed by atoms with Gasteiger partial charge in [0, 0.05) is 44.0 Å². The Morgan fingerprint density at radius 2 is 1.83 bits per heavy atom. The van der Waals surface area contributed by atoms with Gasteiger partial charge in [0.2, 0.25) is 0 Å². The number of para-hydroxylation sites is 2. The number of halogens is 1. The Morgan fingerprint density at radius 1 is 1.14 bits per heavy atom. The number of rotatable bonds is 7. The van der Waals surface area contributed by atoms with Crippen LogP contribution in [0.2, 0.25) is 0 Å². The number of benzene rings is 2. The van der Waals surface area contributed by atoms with E-state index in [0.29, 0.717) is 19.2 Å². The van der Waals surface area contributed by atoms with Crippen molar-refractivity contribution < 1.29 is 4.74 Å². The maximum absolute atomic E-state index is 5.73. The molecule has 0 atom stereocenters. The Kier molecular flexibility index (Phi) is 9.83. The van der Waals surface area contributed by atoms with Crippen LogP contribution in [0.4, 0.5) is 5.69 Å². The number of guanidine groups is 1. The predicted molar refractivity (Wildman–Crippen MR) is 133 cm³/mol. The molecule has 1 fully saturated rings. The molecule has 0 amide bonds. The number of hydrogen-bond donors (Lipinski definition) is 2. The second kappa shape index (κ2) is 12.4. The maximum atomic E-state index is 5.73. The molecule has 3 rings (SSSR count). The molecule has 29 heavy (non-hydrogen) atoms. The smallest absolute Gasteiger partial charge is 0.191 e. The monoisotopic (exact) mass is 506 g/mol. The van der Waals surface area contributed by atoms with Crippen molar-refractivity contribution in [3.05, 3.63) is 72.8 Å². The van der Waals surface area contributed by atoms with Crippen molar-refractivity contribution in [2.24, 2.45) is 4.99 Å². The molecule has 2 aromatic rings. The number of nitrogens with zero attached hydrogens (tertiary/aromatic N) is 2. The summed E-state index contributed by atoms with van der Waals surface area (Å²) in [5.74, 6) is 1.71. The minimum Gasteiger partial charge on any atom is -0.489 e. The first-order valence-electron chi connectivity index (χ1n) is 9.89. The molecule has 0 saturated carbocycles. The highest BCUT2D eigenvalue weighted by Crippen LogP contribution is 2.20. The highest BCUT2D eigenvalue weighted by atomic mass is 127. The molecule has 0 bridgehead atoms. The van der Waals surface area contributed by atoms with Gasteiger partial charge in [-0.2, -0.15) is 0 Å². The van der Waals surface area contributed by atoms with Gasteiger partial charge in [-0.15, -0.1) is 24.0 Å². The van der Waals surface area contributed by atoms with Gasteiger partial charge >= 0.3 is 0 Å². The zero-order chi connectivity index (χ0) is 19.6. The summed E-state index contributed by atoms with van der Waals surface area (Å²) in [6, 6.07) is 19.1. The summed E-state index contributed by atoms with van der Waals surface area (Å²) in [6.07, 6.45) is 3.94. The Bertz CT molecular complexity index is 773. The van der Waals surface area contributed by atoms with E-state index in [4.69, 9.17) is 4.74 Å². The van der Waals surface area contributed by atoms with E-state index in [2.05, 4.69) is 63.5 Å². The molecule has 1 aliphatic heterocycles. The highest BCUT2D eigenvalue weighted by molar-refractivity contribution is 14.0. The van der Waals surface area contributed by atoms with Gasteiger partial charge in [-0.05, 0) is 31.0 Å². The summed E-state index contributed by atoms with van der Waals surface area (Å²) in [7, 11) is 1.81. The van der Waals surface area contributed by atoms with Gasteiger partial charge in [-0.25, -0.2) is 0 Å². The van der Waals surface area contributed by atoms with E-state index < -0.39 is 0 Å². The molecule has 0 radical (unpaired) electrons. The lowest BCUT2D eigenvalue weighted by Crippen LogP contribution is -2.48. The summed E-state index contributed by atoms with van der Waals surface area (Å²) in [5.41, 5.74) is 2.41. The summed E-state index contributed by atoms with van der Waals surface area (Å²) in [6.45, 7) is 6.98. The Morgan fingerprint density at radius 3 is 2.52 bits per heavy atom. The first-order chi connectivity index (χ1) is 13.8. The van der Waals surface area contributed by atoms with Crippen molar-refractivity contribution in [3.8, 4) is 5.75 Å². The molecule has 1 heterocycles. The zero-order valence-corrected chi connectivity index (χ0v) is 19.3. The quantitative estimate of drug-likeness (QED) is 0.256. The number of ether oxygens (including phenoxy) is 1. The molecule has 5 nitrogen and oxygen atoms in total. The number of aliphatic imine (C=N–C) groups is 1. The third-order valence-corrected chi connectivity index (χ3v) is 4.96. The van der Waals surface area contributed by atoms with Gasteiger partial charge in [0.05, 0.1) is 0 Å². The lowest BCUT2D eigenvalue weighted by atomic mass is 10.0. The molecule has 156 valence electrons. The largest absolute Gasteiger partial charge is 0.489 e. The Hall–Kier alpha value is -2.22. The molecule has 1 saturated heterocycles. The van der Waals surface area contributed by atoms with Crippen molar-refractivity contribution in [2.75, 3.05) is 31.6 Å². The lowest BCUT2D eigenvalue weighted by Gasteiger charge is -2.34. The molecule has 0 unspecified atom stereocenters. The van der Waals surface area contributed by atoms with Gasteiger partial charge in [0.1, 0.15) is 12.4 Å². The van der Waals surface area contributed by atoms with Crippen molar-refractivity contribution in [3.63, 3.8) is 0 Å². The minimum absolute atomic E-state index is 0. The molecule has 2 aromatic carbocycles. The van der Waals surface area contributed by atoms with Crippen LogP contribution >= 0.6 is 24.0 Å². The fraction of sp³-hybridized carbons (Fsp3) is 0.348. The Labute approximate surface area is 191 Å². The van der Waals surface area contributed by atoms with E-state index in [-0.39, 0.29) is 24.0 Å². The molecule has 1 aliphatic rings. The van der Waals surface area contributed by atoms with E-state index in [1.807, 2.05) is 25.2 Å². The van der Waals surface area contributed by atoms with E-state index >= 15 is 0 Å². The number of piperidine rings is 1. The van der Waals surface area contributed by atoms with Crippen molar-refractivity contribution in [1.29, 1.82) is 0 Å². The summed E-state index contributed by atoms with van der Waals surface area (Å²) >= 11 is 0. The first kappa shape index (κ1) is 23.1. The van der Waals surface area contributed by atoms with Crippen LogP contribution in [0.15, 0.2) is 72.2 Å². The van der Waals surface area contributed by atoms with E-state index in [1.165, 1.54) is 5.69 Å².